The van der Waals surface area contributed by atoms with Crippen LogP contribution in [0.1, 0.15) is 0 Å². The van der Waals surface area contributed by atoms with Gasteiger partial charge in [-0.25, -0.2) is 0 Å². The molecule has 2 nitrogen and oxygen atoms in total. The maximum atomic E-state index is 2.40. The van der Waals surface area contributed by atoms with Crippen LogP contribution >= 0.6 is 0 Å². The molecule has 0 saturated heterocycles. The first-order valence-corrected chi connectivity index (χ1v) is 19.9. The Hall–Kier alpha value is -7.68. The molecular formula is C56H38N2. The molecule has 0 amide bonds. The second-order valence-corrected chi connectivity index (χ2v) is 15.0. The van der Waals surface area contributed by atoms with Crippen LogP contribution in [-0.4, -0.2) is 4.57 Å². The van der Waals surface area contributed by atoms with Gasteiger partial charge in [-0.1, -0.05) is 158 Å². The molecule has 0 atom stereocenters. The van der Waals surface area contributed by atoms with E-state index in [1.165, 1.54) is 82.4 Å². The van der Waals surface area contributed by atoms with Crippen molar-refractivity contribution in [2.24, 2.45) is 0 Å². The fourth-order valence-corrected chi connectivity index (χ4v) is 8.69. The summed E-state index contributed by atoms with van der Waals surface area (Å²) in [6.45, 7) is 0. The molecule has 1 aromatic heterocycles. The number of para-hydroxylation sites is 2. The molecule has 1 heterocycles. The summed E-state index contributed by atoms with van der Waals surface area (Å²) < 4.78 is 2.40. The van der Waals surface area contributed by atoms with Crippen LogP contribution in [0.3, 0.4) is 0 Å². The highest BCUT2D eigenvalue weighted by molar-refractivity contribution is 6.14. The maximum absolute atomic E-state index is 2.40. The number of hydrogen-bond donors (Lipinski definition) is 0. The number of anilines is 3. The van der Waals surface area contributed by atoms with Crippen LogP contribution in [0.5, 0.6) is 0 Å². The minimum atomic E-state index is 1.11. The zero-order valence-electron chi connectivity index (χ0n) is 31.8. The summed E-state index contributed by atoms with van der Waals surface area (Å²) in [5.74, 6) is 0. The number of nitrogens with zero attached hydrogens (tertiary/aromatic N) is 2. The monoisotopic (exact) mass is 738 g/mol. The number of benzene rings is 10. The van der Waals surface area contributed by atoms with Gasteiger partial charge >= 0.3 is 0 Å². The number of rotatable bonds is 7. The molecule has 0 spiro atoms. The van der Waals surface area contributed by atoms with Crippen molar-refractivity contribution in [3.05, 3.63) is 231 Å². The van der Waals surface area contributed by atoms with Crippen LogP contribution in [0.4, 0.5) is 17.1 Å². The van der Waals surface area contributed by atoms with Crippen LogP contribution in [-0.2, 0) is 0 Å². The van der Waals surface area contributed by atoms with Gasteiger partial charge < -0.3 is 9.47 Å². The van der Waals surface area contributed by atoms with E-state index in [1.54, 1.807) is 0 Å². The van der Waals surface area contributed by atoms with Crippen molar-refractivity contribution in [2.45, 2.75) is 0 Å². The number of hydrogen-bond acceptors (Lipinski definition) is 1. The topological polar surface area (TPSA) is 8.17 Å². The zero-order valence-corrected chi connectivity index (χ0v) is 31.8. The lowest BCUT2D eigenvalue weighted by atomic mass is 9.98. The van der Waals surface area contributed by atoms with Crippen LogP contribution in [0.15, 0.2) is 231 Å². The van der Waals surface area contributed by atoms with Gasteiger partial charge in [-0.05, 0) is 128 Å². The normalized spacial score (nSPS) is 11.4. The first-order valence-electron chi connectivity index (χ1n) is 19.9. The lowest BCUT2D eigenvalue weighted by Gasteiger charge is -2.26. The Morgan fingerprint density at radius 1 is 0.276 bits per heavy atom. The van der Waals surface area contributed by atoms with Crippen LogP contribution in [0.2, 0.25) is 0 Å². The van der Waals surface area contributed by atoms with Gasteiger partial charge in [0, 0.05) is 33.5 Å². The first-order chi connectivity index (χ1) is 28.7. The van der Waals surface area contributed by atoms with Gasteiger partial charge in [-0.15, -0.1) is 0 Å². The molecule has 11 rings (SSSR count). The Kier molecular flexibility index (Phi) is 8.19. The Bertz CT molecular complexity index is 3230. The predicted octanol–water partition coefficient (Wildman–Crippen LogP) is 15.6. The summed E-state index contributed by atoms with van der Waals surface area (Å²) >= 11 is 0. The Balaban J connectivity index is 0.911. The fourth-order valence-electron chi connectivity index (χ4n) is 8.69. The Morgan fingerprint density at radius 2 is 0.759 bits per heavy atom. The lowest BCUT2D eigenvalue weighted by molar-refractivity contribution is 1.18. The van der Waals surface area contributed by atoms with Crippen molar-refractivity contribution in [3.63, 3.8) is 0 Å². The van der Waals surface area contributed by atoms with E-state index in [-0.39, 0.29) is 0 Å². The van der Waals surface area contributed by atoms with Crippen LogP contribution < -0.4 is 4.90 Å². The van der Waals surface area contributed by atoms with Crippen LogP contribution in [0.25, 0.3) is 82.4 Å². The van der Waals surface area contributed by atoms with E-state index in [4.69, 9.17) is 0 Å². The third-order valence-corrected chi connectivity index (χ3v) is 11.6. The van der Waals surface area contributed by atoms with Gasteiger partial charge in [-0.3, -0.25) is 0 Å². The molecule has 0 saturated carbocycles. The lowest BCUT2D eigenvalue weighted by Crippen LogP contribution is -2.09. The standard InChI is InChI=1S/C56H38N2/c1-3-16-47(17-4-1)57(50-33-28-43(29-34-50)52-21-11-15-42-12-9-10-20-51(42)52)49-31-26-40(27-32-49)39-22-24-41(25-23-39)46-30-35-55-53(37-46)54-36-44-13-7-8-14-45(44)38-56(54)58(55)48-18-5-2-6-19-48/h1-38H. The molecule has 11 aromatic rings. The second kappa shape index (κ2) is 14.1. The van der Waals surface area contributed by atoms with E-state index in [0.717, 1.165) is 17.1 Å². The van der Waals surface area contributed by atoms with Gasteiger partial charge in [0.25, 0.3) is 0 Å². The number of fused-ring (bicyclic) bond motifs is 5. The molecule has 0 aliphatic heterocycles. The smallest absolute Gasteiger partial charge is 0.0547 e. The van der Waals surface area contributed by atoms with Crippen molar-refractivity contribution in [3.8, 4) is 39.1 Å². The Labute approximate surface area is 338 Å². The van der Waals surface area contributed by atoms with E-state index >= 15 is 0 Å². The van der Waals surface area contributed by atoms with Crippen molar-refractivity contribution in [1.29, 1.82) is 0 Å². The third-order valence-electron chi connectivity index (χ3n) is 11.6. The molecular weight excluding hydrogens is 701 g/mol. The summed E-state index contributed by atoms with van der Waals surface area (Å²) in [6, 6.07) is 83.5. The van der Waals surface area contributed by atoms with Crippen LogP contribution in [0, 0.1) is 0 Å². The molecule has 0 unspecified atom stereocenters. The highest BCUT2D eigenvalue weighted by atomic mass is 15.1. The van der Waals surface area contributed by atoms with E-state index in [9.17, 15) is 0 Å². The summed E-state index contributed by atoms with van der Waals surface area (Å²) in [6.07, 6.45) is 0. The average molecular weight is 739 g/mol. The molecule has 0 radical (unpaired) electrons. The van der Waals surface area contributed by atoms with E-state index in [1.807, 2.05) is 0 Å². The minimum absolute atomic E-state index is 1.11. The molecule has 0 bridgehead atoms. The summed E-state index contributed by atoms with van der Waals surface area (Å²) in [4.78, 5) is 2.33. The molecule has 0 N–H and O–H groups in total. The SMILES string of the molecule is c1ccc(N(c2ccc(-c3ccc(-c4ccc5c(c4)c4cc6ccccc6cc4n5-c4ccccc4)cc3)cc2)c2ccc(-c3cccc4ccccc34)cc2)cc1. The molecule has 0 aliphatic rings. The highest BCUT2D eigenvalue weighted by Crippen LogP contribution is 2.40. The van der Waals surface area contributed by atoms with Gasteiger partial charge in [0.15, 0.2) is 0 Å². The van der Waals surface area contributed by atoms with E-state index in [2.05, 4.69) is 240 Å². The summed E-state index contributed by atoms with van der Waals surface area (Å²) in [5, 5.41) is 7.55. The minimum Gasteiger partial charge on any atom is -0.311 e. The molecule has 0 aliphatic carbocycles. The third kappa shape index (κ3) is 5.91. The molecule has 0 fully saturated rings. The predicted molar refractivity (Wildman–Crippen MR) is 247 cm³/mol. The maximum Gasteiger partial charge on any atom is 0.0547 e. The highest BCUT2D eigenvalue weighted by Gasteiger charge is 2.16. The zero-order chi connectivity index (χ0) is 38.4. The summed E-state index contributed by atoms with van der Waals surface area (Å²) in [7, 11) is 0. The van der Waals surface area contributed by atoms with Gasteiger partial charge in [0.1, 0.15) is 0 Å². The van der Waals surface area contributed by atoms with Gasteiger partial charge in [0.05, 0.1) is 11.0 Å². The van der Waals surface area contributed by atoms with Crippen molar-refractivity contribution < 1.29 is 0 Å². The van der Waals surface area contributed by atoms with Crippen molar-refractivity contribution in [2.75, 3.05) is 4.90 Å². The molecule has 272 valence electrons. The average Bonchev–Trinajstić information content (AvgIpc) is 3.61. The first kappa shape index (κ1) is 33.6. The molecule has 58 heavy (non-hydrogen) atoms. The van der Waals surface area contributed by atoms with Crippen molar-refractivity contribution in [1.82, 2.24) is 4.57 Å². The number of aromatic nitrogens is 1. The van der Waals surface area contributed by atoms with E-state index in [0.29, 0.717) is 0 Å². The van der Waals surface area contributed by atoms with E-state index < -0.39 is 0 Å². The quantitative estimate of drug-likeness (QED) is 0.158. The fraction of sp³-hybridized carbons (Fsp3) is 0. The van der Waals surface area contributed by atoms with Crippen molar-refractivity contribution >= 4 is 60.4 Å². The molecule has 2 heteroatoms. The largest absolute Gasteiger partial charge is 0.311 e. The molecule has 10 aromatic carbocycles. The second-order valence-electron chi connectivity index (χ2n) is 15.0. The summed E-state index contributed by atoms with van der Waals surface area (Å²) in [5.41, 5.74) is 14.2. The Morgan fingerprint density at radius 3 is 1.45 bits per heavy atom. The van der Waals surface area contributed by atoms with Gasteiger partial charge in [0.2, 0.25) is 0 Å². The van der Waals surface area contributed by atoms with Gasteiger partial charge in [-0.2, -0.15) is 0 Å².